The van der Waals surface area contributed by atoms with Gasteiger partial charge in [-0.2, -0.15) is 0 Å². The highest BCUT2D eigenvalue weighted by Crippen LogP contribution is 2.10. The predicted octanol–water partition coefficient (Wildman–Crippen LogP) is 2.91. The van der Waals surface area contributed by atoms with E-state index in [-0.39, 0.29) is 5.82 Å². The predicted molar refractivity (Wildman–Crippen MR) is 84.1 cm³/mol. The van der Waals surface area contributed by atoms with Crippen LogP contribution in [-0.4, -0.2) is 21.6 Å². The number of aromatic nitrogens is 2. The van der Waals surface area contributed by atoms with Gasteiger partial charge < -0.3 is 10.6 Å². The number of hydrogen-bond donors (Lipinski definition) is 2. The van der Waals surface area contributed by atoms with Crippen LogP contribution in [-0.2, 0) is 6.42 Å². The van der Waals surface area contributed by atoms with Gasteiger partial charge in [-0.25, -0.2) is 9.37 Å². The maximum atomic E-state index is 13.0. The van der Waals surface area contributed by atoms with Crippen LogP contribution in [0, 0.1) is 5.82 Å². The van der Waals surface area contributed by atoms with Crippen LogP contribution in [0.4, 0.5) is 10.2 Å². The molecule has 0 aliphatic carbocycles. The molecule has 0 bridgehead atoms. The number of pyridine rings is 2. The first kappa shape index (κ1) is 14.8. The Balaban J connectivity index is 1.76. The molecule has 2 rings (SSSR count). The highest BCUT2D eigenvalue weighted by molar-refractivity contribution is 9.10. The van der Waals surface area contributed by atoms with Crippen LogP contribution < -0.4 is 10.6 Å². The van der Waals surface area contributed by atoms with E-state index in [4.69, 9.17) is 12.2 Å². The molecular weight excluding hydrogens is 343 g/mol. The van der Waals surface area contributed by atoms with Gasteiger partial charge in [0.2, 0.25) is 0 Å². The molecule has 104 valence electrons. The highest BCUT2D eigenvalue weighted by atomic mass is 79.9. The topological polar surface area (TPSA) is 49.8 Å². The Bertz CT molecular complexity index is 591. The molecule has 2 aromatic rings. The molecule has 2 N–H and O–H groups in total. The Labute approximate surface area is 130 Å². The molecule has 2 aromatic heterocycles. The van der Waals surface area contributed by atoms with Crippen molar-refractivity contribution in [1.29, 1.82) is 0 Å². The molecule has 0 radical (unpaired) electrons. The molecule has 2 heterocycles. The Morgan fingerprint density at radius 2 is 2.15 bits per heavy atom. The van der Waals surface area contributed by atoms with E-state index in [0.29, 0.717) is 29.6 Å². The van der Waals surface area contributed by atoms with Crippen LogP contribution in [0.25, 0.3) is 0 Å². The van der Waals surface area contributed by atoms with Gasteiger partial charge in [0.1, 0.15) is 11.6 Å². The minimum Gasteiger partial charge on any atom is -0.362 e. The molecule has 0 aliphatic rings. The number of rotatable bonds is 4. The number of nitrogens with zero attached hydrogens (tertiary/aromatic N) is 2. The van der Waals surface area contributed by atoms with Crippen molar-refractivity contribution in [2.24, 2.45) is 0 Å². The summed E-state index contributed by atoms with van der Waals surface area (Å²) >= 11 is 8.45. The fourth-order valence-corrected chi connectivity index (χ4v) is 1.94. The van der Waals surface area contributed by atoms with Crippen LogP contribution in [0.15, 0.2) is 41.1 Å². The van der Waals surface area contributed by atoms with Crippen LogP contribution >= 0.6 is 28.1 Å². The molecule has 0 spiro atoms. The number of nitrogens with one attached hydrogen (secondary N) is 2. The number of hydrogen-bond acceptors (Lipinski definition) is 3. The number of halogens is 2. The number of thiocarbonyl (C=S) groups is 1. The molecule has 0 aliphatic heterocycles. The first-order chi connectivity index (χ1) is 9.63. The van der Waals surface area contributed by atoms with Gasteiger partial charge in [0.25, 0.3) is 0 Å². The standard InChI is InChI=1S/C13H12BrFN4S/c14-9-1-2-12(18-8-9)19-13(20)17-6-4-11-7-10(15)3-5-16-11/h1-3,5,7-8H,4,6H2,(H2,17,18,19,20). The molecule has 0 saturated carbocycles. The molecule has 20 heavy (non-hydrogen) atoms. The van der Waals surface area contributed by atoms with Crippen molar-refractivity contribution in [1.82, 2.24) is 15.3 Å². The maximum absolute atomic E-state index is 13.0. The molecule has 7 heteroatoms. The van der Waals surface area contributed by atoms with Gasteiger partial charge >= 0.3 is 0 Å². The van der Waals surface area contributed by atoms with Crippen molar-refractivity contribution in [2.75, 3.05) is 11.9 Å². The molecule has 0 atom stereocenters. The van der Waals surface area contributed by atoms with E-state index in [1.165, 1.54) is 18.3 Å². The van der Waals surface area contributed by atoms with E-state index in [1.807, 2.05) is 12.1 Å². The summed E-state index contributed by atoms with van der Waals surface area (Å²) in [4.78, 5) is 8.22. The molecule has 0 saturated heterocycles. The lowest BCUT2D eigenvalue weighted by atomic mass is 10.2. The summed E-state index contributed by atoms with van der Waals surface area (Å²) in [5.74, 6) is 0.379. The quantitative estimate of drug-likeness (QED) is 0.826. The van der Waals surface area contributed by atoms with E-state index in [2.05, 4.69) is 36.5 Å². The average molecular weight is 355 g/mol. The summed E-state index contributed by atoms with van der Waals surface area (Å²) in [6.45, 7) is 0.568. The lowest BCUT2D eigenvalue weighted by Crippen LogP contribution is -2.30. The van der Waals surface area contributed by atoms with Crippen LogP contribution in [0.1, 0.15) is 5.69 Å². The fourth-order valence-electron chi connectivity index (χ4n) is 1.50. The van der Waals surface area contributed by atoms with Gasteiger partial charge in [-0.3, -0.25) is 4.98 Å². The van der Waals surface area contributed by atoms with Crippen molar-refractivity contribution >= 4 is 39.1 Å². The monoisotopic (exact) mass is 354 g/mol. The molecule has 0 unspecified atom stereocenters. The van der Waals surface area contributed by atoms with Crippen molar-refractivity contribution in [3.05, 3.63) is 52.6 Å². The second-order valence-electron chi connectivity index (χ2n) is 3.96. The van der Waals surface area contributed by atoms with Crippen molar-refractivity contribution in [3.8, 4) is 0 Å². The third-order valence-electron chi connectivity index (χ3n) is 2.41. The van der Waals surface area contributed by atoms with Gasteiger partial charge in [0.05, 0.1) is 0 Å². The zero-order valence-electron chi connectivity index (χ0n) is 10.4. The third kappa shape index (κ3) is 4.82. The van der Waals surface area contributed by atoms with Crippen LogP contribution in [0.3, 0.4) is 0 Å². The Morgan fingerprint density at radius 3 is 2.85 bits per heavy atom. The Kier molecular flexibility index (Phi) is 5.37. The molecule has 0 amide bonds. The molecular formula is C13H12BrFN4S. The largest absolute Gasteiger partial charge is 0.362 e. The smallest absolute Gasteiger partial charge is 0.171 e. The second-order valence-corrected chi connectivity index (χ2v) is 5.28. The lowest BCUT2D eigenvalue weighted by molar-refractivity contribution is 0.621. The maximum Gasteiger partial charge on any atom is 0.171 e. The summed E-state index contributed by atoms with van der Waals surface area (Å²) in [6.07, 6.45) is 3.72. The molecule has 0 aromatic carbocycles. The summed E-state index contributed by atoms with van der Waals surface area (Å²) < 4.78 is 13.9. The van der Waals surface area contributed by atoms with E-state index in [1.54, 1.807) is 6.20 Å². The average Bonchev–Trinajstić information content (AvgIpc) is 2.41. The summed E-state index contributed by atoms with van der Waals surface area (Å²) in [7, 11) is 0. The second kappa shape index (κ2) is 7.25. The number of anilines is 1. The SMILES string of the molecule is Fc1ccnc(CCNC(=S)Nc2ccc(Br)cn2)c1. The van der Waals surface area contributed by atoms with E-state index >= 15 is 0 Å². The van der Waals surface area contributed by atoms with Crippen molar-refractivity contribution < 1.29 is 4.39 Å². The summed E-state index contributed by atoms with van der Waals surface area (Å²) in [6, 6.07) is 6.41. The first-order valence-corrected chi connectivity index (χ1v) is 7.10. The zero-order valence-corrected chi connectivity index (χ0v) is 12.8. The Morgan fingerprint density at radius 1 is 1.30 bits per heavy atom. The zero-order chi connectivity index (χ0) is 14.4. The normalized spacial score (nSPS) is 10.1. The van der Waals surface area contributed by atoms with Gasteiger partial charge in [0, 0.05) is 35.5 Å². The first-order valence-electron chi connectivity index (χ1n) is 5.90. The summed E-state index contributed by atoms with van der Waals surface area (Å²) in [5, 5.41) is 6.45. The van der Waals surface area contributed by atoms with Gasteiger partial charge in [-0.1, -0.05) is 0 Å². The minimum absolute atomic E-state index is 0.283. The third-order valence-corrected chi connectivity index (χ3v) is 3.13. The highest BCUT2D eigenvalue weighted by Gasteiger charge is 2.00. The van der Waals surface area contributed by atoms with Gasteiger partial charge in [-0.15, -0.1) is 0 Å². The van der Waals surface area contributed by atoms with Crippen molar-refractivity contribution in [2.45, 2.75) is 6.42 Å². The fraction of sp³-hybridized carbons (Fsp3) is 0.154. The van der Waals surface area contributed by atoms with Crippen molar-refractivity contribution in [3.63, 3.8) is 0 Å². The van der Waals surface area contributed by atoms with Crippen LogP contribution in [0.5, 0.6) is 0 Å². The molecule has 4 nitrogen and oxygen atoms in total. The van der Waals surface area contributed by atoms with E-state index in [9.17, 15) is 4.39 Å². The molecule has 0 fully saturated rings. The minimum atomic E-state index is -0.283. The van der Waals surface area contributed by atoms with Gasteiger partial charge in [0.15, 0.2) is 5.11 Å². The van der Waals surface area contributed by atoms with Crippen LogP contribution in [0.2, 0.25) is 0 Å². The van der Waals surface area contributed by atoms with Gasteiger partial charge in [-0.05, 0) is 52.4 Å². The Hall–Kier alpha value is -1.60. The van der Waals surface area contributed by atoms with E-state index < -0.39 is 0 Å². The van der Waals surface area contributed by atoms with E-state index in [0.717, 1.165) is 4.47 Å². The lowest BCUT2D eigenvalue weighted by Gasteiger charge is -2.09. The summed E-state index contributed by atoms with van der Waals surface area (Å²) in [5.41, 5.74) is 0.682.